The minimum Gasteiger partial charge on any atom is -0.404 e. The van der Waals surface area contributed by atoms with E-state index >= 15 is 0 Å². The molecule has 0 radical (unpaired) electrons. The molecule has 1 aliphatic rings. The van der Waals surface area contributed by atoms with Gasteiger partial charge in [-0.25, -0.2) is 0 Å². The Labute approximate surface area is 122 Å². The molecule has 112 valence electrons. The van der Waals surface area contributed by atoms with Crippen LogP contribution in [0.5, 0.6) is 0 Å². The van der Waals surface area contributed by atoms with E-state index in [0.717, 1.165) is 5.69 Å². The van der Waals surface area contributed by atoms with Crippen LogP contribution in [0.1, 0.15) is 20.8 Å². The summed E-state index contributed by atoms with van der Waals surface area (Å²) in [6.45, 7) is 5.27. The number of para-hydroxylation sites is 2. The Hall–Kier alpha value is -2.44. The second-order valence-electron chi connectivity index (χ2n) is 5.78. The molecule has 0 saturated carbocycles. The molecule has 0 saturated heterocycles. The normalized spacial score (nSPS) is 17.9. The molecule has 7 nitrogen and oxygen atoms in total. The van der Waals surface area contributed by atoms with Gasteiger partial charge in [-0.15, -0.1) is 0 Å². The molecule has 7 heteroatoms. The fourth-order valence-electron chi connectivity index (χ4n) is 1.91. The molecule has 0 bridgehead atoms. The Balaban J connectivity index is 2.14. The van der Waals surface area contributed by atoms with Crippen molar-refractivity contribution in [2.45, 2.75) is 32.4 Å². The molecule has 21 heavy (non-hydrogen) atoms. The monoisotopic (exact) mass is 291 g/mol. The molecule has 1 aromatic rings. The van der Waals surface area contributed by atoms with E-state index in [1.165, 1.54) is 0 Å². The van der Waals surface area contributed by atoms with Gasteiger partial charge in [-0.1, -0.05) is 12.1 Å². The van der Waals surface area contributed by atoms with E-state index in [0.29, 0.717) is 10.4 Å². The van der Waals surface area contributed by atoms with Gasteiger partial charge in [0.05, 0.1) is 17.9 Å². The van der Waals surface area contributed by atoms with Gasteiger partial charge in [-0.3, -0.25) is 4.79 Å². The molecular formula is C14H19N4O3+. The maximum atomic E-state index is 12.2. The van der Waals surface area contributed by atoms with Crippen molar-refractivity contribution in [2.75, 3.05) is 17.2 Å². The number of benzene rings is 1. The first-order valence-electron chi connectivity index (χ1n) is 6.65. The zero-order valence-electron chi connectivity index (χ0n) is 12.3. The van der Waals surface area contributed by atoms with Crippen LogP contribution in [0.2, 0.25) is 0 Å². The second kappa shape index (κ2) is 5.51. The average molecular weight is 291 g/mol. The first-order chi connectivity index (χ1) is 9.78. The zero-order chi connectivity index (χ0) is 15.6. The summed E-state index contributed by atoms with van der Waals surface area (Å²) >= 11 is 0. The second-order valence-corrected chi connectivity index (χ2v) is 5.78. The van der Waals surface area contributed by atoms with E-state index in [2.05, 4.69) is 10.6 Å². The third-order valence-electron chi connectivity index (χ3n) is 2.88. The van der Waals surface area contributed by atoms with Gasteiger partial charge in [-0.05, 0) is 43.1 Å². The third-order valence-corrected chi connectivity index (χ3v) is 2.88. The highest BCUT2D eigenvalue weighted by Gasteiger charge is 2.40. The van der Waals surface area contributed by atoms with Crippen molar-refractivity contribution in [2.24, 2.45) is 0 Å². The number of rotatable bonds is 1. The molecule has 1 unspecified atom stereocenters. The summed E-state index contributed by atoms with van der Waals surface area (Å²) in [6, 6.07) is 6.25. The summed E-state index contributed by atoms with van der Waals surface area (Å²) in [5.41, 5.74) is 8.51. The number of hydrogen-bond donors (Lipinski definition) is 3. The Morgan fingerprint density at radius 3 is 2.57 bits per heavy atom. The van der Waals surface area contributed by atoms with Crippen LogP contribution in [0, 0.1) is 5.53 Å². The Bertz CT molecular complexity index is 592. The van der Waals surface area contributed by atoms with E-state index < -0.39 is 23.6 Å². The molecule has 0 spiro atoms. The molecule has 1 aliphatic heterocycles. The highest BCUT2D eigenvalue weighted by atomic mass is 16.6. The summed E-state index contributed by atoms with van der Waals surface area (Å²) < 4.78 is 5.68. The molecule has 1 atom stereocenters. The lowest BCUT2D eigenvalue weighted by Crippen LogP contribution is -2.44. The van der Waals surface area contributed by atoms with Crippen molar-refractivity contribution in [3.05, 3.63) is 24.3 Å². The minimum absolute atomic E-state index is 0.144. The Morgan fingerprint density at radius 1 is 1.33 bits per heavy atom. The number of nitrogens with one attached hydrogen (secondary N) is 3. The van der Waals surface area contributed by atoms with Crippen LogP contribution in [0.15, 0.2) is 24.3 Å². The van der Waals surface area contributed by atoms with Crippen LogP contribution in [-0.4, -0.2) is 34.9 Å². The number of hydrogen-bond acceptors (Lipinski definition) is 5. The van der Waals surface area contributed by atoms with Gasteiger partial charge in [0.15, 0.2) is 0 Å². The predicted octanol–water partition coefficient (Wildman–Crippen LogP) is 2.40. The van der Waals surface area contributed by atoms with Crippen LogP contribution >= 0.6 is 0 Å². The van der Waals surface area contributed by atoms with E-state index in [-0.39, 0.29) is 6.54 Å². The fourth-order valence-corrected chi connectivity index (χ4v) is 1.91. The van der Waals surface area contributed by atoms with Crippen LogP contribution in [0.4, 0.5) is 16.2 Å². The summed E-state index contributed by atoms with van der Waals surface area (Å²) in [6.07, 6.45) is -0.851. The molecule has 2 amide bonds. The largest absolute Gasteiger partial charge is 0.623 e. The van der Waals surface area contributed by atoms with Gasteiger partial charge in [0, 0.05) is 0 Å². The van der Waals surface area contributed by atoms with Gasteiger partial charge in [0.25, 0.3) is 11.9 Å². The molecule has 3 N–H and O–H groups in total. The van der Waals surface area contributed by atoms with E-state index in [1.807, 2.05) is 12.1 Å². The summed E-state index contributed by atoms with van der Waals surface area (Å²) in [7, 11) is 0. The molecular weight excluding hydrogens is 272 g/mol. The Morgan fingerprint density at radius 2 is 1.95 bits per heavy atom. The molecule has 1 aromatic carbocycles. The Kier molecular flexibility index (Phi) is 3.93. The van der Waals surface area contributed by atoms with Gasteiger partial charge in [-0.2, -0.15) is 4.79 Å². The van der Waals surface area contributed by atoms with E-state index in [9.17, 15) is 9.59 Å². The van der Waals surface area contributed by atoms with Crippen LogP contribution < -0.4 is 10.6 Å². The van der Waals surface area contributed by atoms with Gasteiger partial charge in [0.1, 0.15) is 5.60 Å². The highest BCUT2D eigenvalue weighted by Crippen LogP contribution is 2.24. The number of anilines is 2. The van der Waals surface area contributed by atoms with Gasteiger partial charge in [0.2, 0.25) is 0 Å². The molecule has 0 aliphatic carbocycles. The summed E-state index contributed by atoms with van der Waals surface area (Å²) in [4.78, 5) is 24.1. The first-order valence-corrected chi connectivity index (χ1v) is 6.65. The fraction of sp³-hybridized carbons (Fsp3) is 0.429. The van der Waals surface area contributed by atoms with Crippen molar-refractivity contribution in [3.63, 3.8) is 0 Å². The summed E-state index contributed by atoms with van der Waals surface area (Å²) in [5, 5.41) is 5.75. The number of amides is 2. The average Bonchev–Trinajstić information content (AvgIpc) is 2.54. The lowest BCUT2D eigenvalue weighted by atomic mass is 10.2. The highest BCUT2D eigenvalue weighted by molar-refractivity contribution is 5.99. The number of carbonyl (C=O) groups excluding carboxylic acids is 2. The number of ether oxygens (including phenoxy) is 1. The predicted molar refractivity (Wildman–Crippen MR) is 76.6 cm³/mol. The number of nitrogens with zero attached hydrogens (tertiary/aromatic N) is 1. The van der Waals surface area contributed by atoms with Crippen LogP contribution in [-0.2, 0) is 9.53 Å². The molecule has 0 aromatic heterocycles. The van der Waals surface area contributed by atoms with Gasteiger partial charge >= 0.3 is 6.09 Å². The van der Waals surface area contributed by atoms with E-state index in [4.69, 9.17) is 10.3 Å². The lowest BCUT2D eigenvalue weighted by Gasteiger charge is -2.17. The standard InChI is InChI=1S/C14H18N4O3/c1-14(2,3)21-13(20)18(15)11-8-16-9-6-4-5-7-10(9)17-12(11)19/h4-7,11H,8,15H2,1-3H3/p+1. The quantitative estimate of drug-likeness (QED) is 0.547. The molecule has 2 rings (SSSR count). The maximum absolute atomic E-state index is 12.2. The lowest BCUT2D eigenvalue weighted by molar-refractivity contribution is -0.558. The minimum atomic E-state index is -0.966. The van der Waals surface area contributed by atoms with Crippen molar-refractivity contribution >= 4 is 23.4 Å². The maximum Gasteiger partial charge on any atom is 0.623 e. The SMILES string of the molecule is CC(C)(C)OC(=O)[N+](=N)C1CNc2ccccc2NC1=O. The first kappa shape index (κ1) is 15.0. The van der Waals surface area contributed by atoms with Crippen molar-refractivity contribution < 1.29 is 19.0 Å². The van der Waals surface area contributed by atoms with Crippen LogP contribution in [0.25, 0.3) is 0 Å². The van der Waals surface area contributed by atoms with Crippen molar-refractivity contribution in [1.82, 2.24) is 0 Å². The van der Waals surface area contributed by atoms with Crippen molar-refractivity contribution in [1.29, 1.82) is 5.53 Å². The van der Waals surface area contributed by atoms with Crippen LogP contribution in [0.3, 0.4) is 0 Å². The van der Waals surface area contributed by atoms with E-state index in [1.54, 1.807) is 32.9 Å². The molecule has 1 heterocycles. The smallest absolute Gasteiger partial charge is 0.404 e. The molecule has 0 fully saturated rings. The summed E-state index contributed by atoms with van der Waals surface area (Å²) in [5.74, 6) is -0.423. The van der Waals surface area contributed by atoms with Gasteiger partial charge < -0.3 is 15.4 Å². The number of carbonyl (C=O) groups is 2. The third kappa shape index (κ3) is 3.56. The van der Waals surface area contributed by atoms with Crippen molar-refractivity contribution in [3.8, 4) is 0 Å². The number of fused-ring (bicyclic) bond motifs is 1. The topological polar surface area (TPSA) is 94.3 Å². The zero-order valence-corrected chi connectivity index (χ0v) is 12.3.